The Morgan fingerprint density at radius 1 is 1.35 bits per heavy atom. The molecule has 3 rings (SSSR count). The average molecular weight is 294 g/mol. The Morgan fingerprint density at radius 2 is 2.30 bits per heavy atom. The molecular formula is C15H26N4S. The highest BCUT2D eigenvalue weighted by molar-refractivity contribution is 7.15. The van der Waals surface area contributed by atoms with Crippen molar-refractivity contribution < 1.29 is 0 Å². The molecule has 20 heavy (non-hydrogen) atoms. The number of fused-ring (bicyclic) bond motifs is 1. The van der Waals surface area contributed by atoms with Crippen LogP contribution in [0.1, 0.15) is 37.5 Å². The summed E-state index contributed by atoms with van der Waals surface area (Å²) < 4.78 is 0. The molecule has 3 heterocycles. The van der Waals surface area contributed by atoms with Crippen LogP contribution < -0.4 is 5.32 Å². The molecule has 112 valence electrons. The second kappa shape index (κ2) is 6.87. The zero-order valence-electron chi connectivity index (χ0n) is 12.5. The van der Waals surface area contributed by atoms with E-state index in [0.29, 0.717) is 0 Å². The summed E-state index contributed by atoms with van der Waals surface area (Å²) in [5, 5.41) is 4.46. The van der Waals surface area contributed by atoms with Crippen LogP contribution in [0.25, 0.3) is 0 Å². The Bertz CT molecular complexity index is 420. The van der Waals surface area contributed by atoms with Gasteiger partial charge in [-0.2, -0.15) is 0 Å². The Labute approximate surface area is 126 Å². The Balaban J connectivity index is 1.51. The number of thiazole rings is 1. The van der Waals surface area contributed by atoms with E-state index in [9.17, 15) is 0 Å². The van der Waals surface area contributed by atoms with Gasteiger partial charge in [-0.25, -0.2) is 4.98 Å². The molecule has 1 aromatic rings. The van der Waals surface area contributed by atoms with Gasteiger partial charge >= 0.3 is 0 Å². The fourth-order valence-corrected chi connectivity index (χ4v) is 4.16. The van der Waals surface area contributed by atoms with Crippen LogP contribution >= 0.6 is 11.3 Å². The normalized spacial score (nSPS) is 24.6. The van der Waals surface area contributed by atoms with Crippen molar-refractivity contribution >= 4 is 16.5 Å². The van der Waals surface area contributed by atoms with Gasteiger partial charge in [0.05, 0.1) is 0 Å². The van der Waals surface area contributed by atoms with Crippen molar-refractivity contribution in [3.63, 3.8) is 0 Å². The molecule has 2 saturated heterocycles. The highest BCUT2D eigenvalue weighted by atomic mass is 32.1. The molecule has 0 saturated carbocycles. The minimum absolute atomic E-state index is 0.808. The predicted molar refractivity (Wildman–Crippen MR) is 85.4 cm³/mol. The van der Waals surface area contributed by atoms with E-state index >= 15 is 0 Å². The lowest BCUT2D eigenvalue weighted by atomic mass is 9.99. The van der Waals surface area contributed by atoms with Crippen molar-refractivity contribution in [2.45, 2.75) is 45.2 Å². The van der Waals surface area contributed by atoms with E-state index in [1.54, 1.807) is 0 Å². The zero-order valence-corrected chi connectivity index (χ0v) is 13.3. The molecule has 2 aliphatic rings. The summed E-state index contributed by atoms with van der Waals surface area (Å²) in [5.74, 6) is 0. The second-order valence-electron chi connectivity index (χ2n) is 5.98. The van der Waals surface area contributed by atoms with Crippen molar-refractivity contribution in [1.29, 1.82) is 0 Å². The number of anilines is 1. The van der Waals surface area contributed by atoms with Gasteiger partial charge in [-0.1, -0.05) is 13.3 Å². The maximum Gasteiger partial charge on any atom is 0.182 e. The molecule has 0 spiro atoms. The quantitative estimate of drug-likeness (QED) is 0.904. The third-order valence-corrected chi connectivity index (χ3v) is 5.32. The summed E-state index contributed by atoms with van der Waals surface area (Å²) >= 11 is 1.82. The predicted octanol–water partition coefficient (Wildman–Crippen LogP) is 2.64. The summed E-state index contributed by atoms with van der Waals surface area (Å²) in [6.07, 6.45) is 7.41. The molecule has 0 aromatic carbocycles. The van der Waals surface area contributed by atoms with Crippen molar-refractivity contribution in [2.24, 2.45) is 0 Å². The number of rotatable bonds is 5. The molecule has 2 fully saturated rings. The fourth-order valence-electron chi connectivity index (χ4n) is 3.28. The molecule has 0 amide bonds. The summed E-state index contributed by atoms with van der Waals surface area (Å²) in [7, 11) is 0. The van der Waals surface area contributed by atoms with E-state index in [4.69, 9.17) is 0 Å². The molecule has 0 radical (unpaired) electrons. The first-order valence-electron chi connectivity index (χ1n) is 8.00. The van der Waals surface area contributed by atoms with Crippen molar-refractivity contribution in [3.05, 3.63) is 11.1 Å². The van der Waals surface area contributed by atoms with Crippen LogP contribution in [0.2, 0.25) is 0 Å². The third kappa shape index (κ3) is 3.51. The largest absolute Gasteiger partial charge is 0.362 e. The Morgan fingerprint density at radius 3 is 3.20 bits per heavy atom. The van der Waals surface area contributed by atoms with Crippen LogP contribution in [0.5, 0.6) is 0 Å². The molecule has 1 aromatic heterocycles. The van der Waals surface area contributed by atoms with Gasteiger partial charge in [-0.05, 0) is 25.8 Å². The SMILES string of the molecule is CCCNc1ncc(CN2CCN3CCCCC3C2)s1. The topological polar surface area (TPSA) is 31.4 Å². The van der Waals surface area contributed by atoms with Gasteiger partial charge in [0.25, 0.3) is 0 Å². The van der Waals surface area contributed by atoms with Gasteiger partial charge < -0.3 is 5.32 Å². The number of piperidine rings is 1. The van der Waals surface area contributed by atoms with Crippen molar-refractivity contribution in [3.8, 4) is 0 Å². The van der Waals surface area contributed by atoms with E-state index < -0.39 is 0 Å². The number of aromatic nitrogens is 1. The van der Waals surface area contributed by atoms with Crippen LogP contribution in [-0.2, 0) is 6.54 Å². The minimum atomic E-state index is 0.808. The molecule has 5 heteroatoms. The number of hydrogen-bond donors (Lipinski definition) is 1. The smallest absolute Gasteiger partial charge is 0.182 e. The zero-order chi connectivity index (χ0) is 13.8. The van der Waals surface area contributed by atoms with E-state index in [1.165, 1.54) is 50.3 Å². The molecule has 1 atom stereocenters. The summed E-state index contributed by atoms with van der Waals surface area (Å²) in [5.41, 5.74) is 0. The first-order chi connectivity index (χ1) is 9.85. The maximum absolute atomic E-state index is 4.47. The van der Waals surface area contributed by atoms with Crippen LogP contribution in [-0.4, -0.2) is 53.5 Å². The Hall–Kier alpha value is -0.650. The van der Waals surface area contributed by atoms with Gasteiger partial charge in [-0.15, -0.1) is 11.3 Å². The van der Waals surface area contributed by atoms with Gasteiger partial charge in [0.2, 0.25) is 0 Å². The number of nitrogens with zero attached hydrogens (tertiary/aromatic N) is 3. The van der Waals surface area contributed by atoms with Crippen LogP contribution in [0.4, 0.5) is 5.13 Å². The van der Waals surface area contributed by atoms with Gasteiger partial charge in [0, 0.05) is 49.8 Å². The summed E-state index contributed by atoms with van der Waals surface area (Å²) in [6, 6.07) is 0.808. The van der Waals surface area contributed by atoms with E-state index in [0.717, 1.165) is 30.7 Å². The maximum atomic E-state index is 4.47. The summed E-state index contributed by atoms with van der Waals surface area (Å²) in [4.78, 5) is 11.2. The average Bonchev–Trinajstić information content (AvgIpc) is 2.92. The lowest BCUT2D eigenvalue weighted by Gasteiger charge is -2.43. The molecule has 2 aliphatic heterocycles. The molecule has 1 unspecified atom stereocenters. The van der Waals surface area contributed by atoms with E-state index in [2.05, 4.69) is 33.2 Å². The van der Waals surface area contributed by atoms with Crippen LogP contribution in [0.15, 0.2) is 6.20 Å². The second-order valence-corrected chi connectivity index (χ2v) is 7.09. The Kier molecular flexibility index (Phi) is 4.91. The van der Waals surface area contributed by atoms with Crippen molar-refractivity contribution in [1.82, 2.24) is 14.8 Å². The number of hydrogen-bond acceptors (Lipinski definition) is 5. The van der Waals surface area contributed by atoms with E-state index in [1.807, 2.05) is 11.3 Å². The molecular weight excluding hydrogens is 268 g/mol. The first kappa shape index (κ1) is 14.3. The highest BCUT2D eigenvalue weighted by Gasteiger charge is 2.28. The van der Waals surface area contributed by atoms with Gasteiger partial charge in [-0.3, -0.25) is 9.80 Å². The van der Waals surface area contributed by atoms with E-state index in [-0.39, 0.29) is 0 Å². The lowest BCUT2D eigenvalue weighted by molar-refractivity contribution is 0.0461. The molecule has 0 bridgehead atoms. The number of nitrogens with one attached hydrogen (secondary N) is 1. The molecule has 4 nitrogen and oxygen atoms in total. The lowest BCUT2D eigenvalue weighted by Crippen LogP contribution is -2.54. The fraction of sp³-hybridized carbons (Fsp3) is 0.800. The highest BCUT2D eigenvalue weighted by Crippen LogP contribution is 2.24. The standard InChI is InChI=1S/C15H26N4S/c1-2-6-16-15-17-10-14(20-15)12-18-8-9-19-7-4-3-5-13(19)11-18/h10,13H,2-9,11-12H2,1H3,(H,16,17). The van der Waals surface area contributed by atoms with Gasteiger partial charge in [0.15, 0.2) is 5.13 Å². The van der Waals surface area contributed by atoms with Gasteiger partial charge in [0.1, 0.15) is 0 Å². The van der Waals surface area contributed by atoms with Crippen LogP contribution in [0, 0.1) is 0 Å². The monoisotopic (exact) mass is 294 g/mol. The minimum Gasteiger partial charge on any atom is -0.362 e. The first-order valence-corrected chi connectivity index (χ1v) is 8.82. The summed E-state index contributed by atoms with van der Waals surface area (Å²) in [6.45, 7) is 9.32. The third-order valence-electron chi connectivity index (χ3n) is 4.38. The molecule has 0 aliphatic carbocycles. The van der Waals surface area contributed by atoms with Crippen molar-refractivity contribution in [2.75, 3.05) is 38.0 Å². The molecule has 1 N–H and O–H groups in total. The number of piperazine rings is 1. The van der Waals surface area contributed by atoms with Crippen LogP contribution in [0.3, 0.4) is 0 Å².